The Hall–Kier alpha value is -3.63. The summed E-state index contributed by atoms with van der Waals surface area (Å²) in [5.74, 6) is -2.89. The predicted molar refractivity (Wildman–Crippen MR) is 130 cm³/mol. The van der Waals surface area contributed by atoms with Crippen LogP contribution in [0.15, 0.2) is 48.5 Å². The van der Waals surface area contributed by atoms with E-state index in [0.717, 1.165) is 0 Å². The molecule has 3 aromatic rings. The van der Waals surface area contributed by atoms with Gasteiger partial charge in [-0.2, -0.15) is 5.10 Å². The number of carbonyl (C=O) groups is 2. The zero-order valence-electron chi connectivity index (χ0n) is 20.7. The molecule has 10 heteroatoms. The van der Waals surface area contributed by atoms with Gasteiger partial charge in [-0.1, -0.05) is 26.0 Å². The highest BCUT2D eigenvalue weighted by atomic mass is 19.1. The Balaban J connectivity index is 1.90. The molecule has 2 atom stereocenters. The standard InChI is InChI=1S/C27H31F2N3O5/c1-16(2)25-23(11-10-21(33)13-22(34)14-24(35)36)32(20-8-6-18(28)7-9-20)31-26(25)27(37)30-15-17-4-3-5-19(29)12-17/h3-9,12,16,21-22,33-34H,10-11,13-15H2,1-2H3,(H,30,37)(H,35,36)/p-1/t21-,22-/m1/s1. The normalized spacial score (nSPS) is 12.9. The van der Waals surface area contributed by atoms with Crippen LogP contribution in [0.3, 0.4) is 0 Å². The average Bonchev–Trinajstić information content (AvgIpc) is 3.21. The summed E-state index contributed by atoms with van der Waals surface area (Å²) < 4.78 is 28.6. The van der Waals surface area contributed by atoms with E-state index in [-0.39, 0.29) is 37.4 Å². The van der Waals surface area contributed by atoms with Gasteiger partial charge < -0.3 is 25.4 Å². The third-order valence-electron chi connectivity index (χ3n) is 5.89. The highest BCUT2D eigenvalue weighted by Gasteiger charge is 2.26. The summed E-state index contributed by atoms with van der Waals surface area (Å²) in [4.78, 5) is 23.9. The van der Waals surface area contributed by atoms with Gasteiger partial charge >= 0.3 is 0 Å². The van der Waals surface area contributed by atoms with E-state index in [2.05, 4.69) is 10.4 Å². The van der Waals surface area contributed by atoms with Gasteiger partial charge in [0.2, 0.25) is 0 Å². The lowest BCUT2D eigenvalue weighted by atomic mass is 9.95. The maximum atomic E-state index is 13.6. The Morgan fingerprint density at radius 2 is 1.76 bits per heavy atom. The zero-order valence-corrected chi connectivity index (χ0v) is 20.7. The van der Waals surface area contributed by atoms with Crippen molar-refractivity contribution in [2.75, 3.05) is 0 Å². The monoisotopic (exact) mass is 514 g/mol. The molecule has 198 valence electrons. The summed E-state index contributed by atoms with van der Waals surface area (Å²) in [7, 11) is 0. The lowest BCUT2D eigenvalue weighted by Gasteiger charge is -2.17. The van der Waals surface area contributed by atoms with Crippen molar-refractivity contribution in [1.82, 2.24) is 15.1 Å². The van der Waals surface area contributed by atoms with Crippen molar-refractivity contribution in [3.05, 3.63) is 82.7 Å². The van der Waals surface area contributed by atoms with Gasteiger partial charge in [0.05, 0.1) is 17.9 Å². The van der Waals surface area contributed by atoms with Gasteiger partial charge in [-0.15, -0.1) is 0 Å². The third-order valence-corrected chi connectivity index (χ3v) is 5.89. The van der Waals surface area contributed by atoms with E-state index in [0.29, 0.717) is 22.5 Å². The number of benzene rings is 2. The van der Waals surface area contributed by atoms with E-state index in [9.17, 15) is 33.7 Å². The van der Waals surface area contributed by atoms with Crippen molar-refractivity contribution in [2.24, 2.45) is 0 Å². The fraction of sp³-hybridized carbons (Fsp3) is 0.370. The second-order valence-electron chi connectivity index (χ2n) is 9.22. The number of aliphatic carboxylic acids is 1. The van der Waals surface area contributed by atoms with Crippen LogP contribution in [0.2, 0.25) is 0 Å². The molecule has 0 bridgehead atoms. The second kappa shape index (κ2) is 12.6. The molecule has 2 aromatic carbocycles. The number of nitrogens with zero attached hydrogens (tertiary/aromatic N) is 2. The number of carbonyl (C=O) groups excluding carboxylic acids is 2. The van der Waals surface area contributed by atoms with E-state index >= 15 is 0 Å². The Morgan fingerprint density at radius 3 is 2.38 bits per heavy atom. The van der Waals surface area contributed by atoms with Crippen LogP contribution in [0.5, 0.6) is 0 Å². The number of hydrogen-bond donors (Lipinski definition) is 3. The maximum absolute atomic E-state index is 13.6. The van der Waals surface area contributed by atoms with Gasteiger partial charge in [0.25, 0.3) is 5.91 Å². The predicted octanol–water partition coefficient (Wildman–Crippen LogP) is 2.39. The molecule has 0 radical (unpaired) electrons. The maximum Gasteiger partial charge on any atom is 0.272 e. The van der Waals surface area contributed by atoms with Crippen molar-refractivity contribution in [1.29, 1.82) is 0 Å². The highest BCUT2D eigenvalue weighted by molar-refractivity contribution is 5.94. The first-order chi connectivity index (χ1) is 17.5. The minimum atomic E-state index is -1.41. The largest absolute Gasteiger partial charge is 0.550 e. The van der Waals surface area contributed by atoms with E-state index in [4.69, 9.17) is 0 Å². The molecule has 0 saturated heterocycles. The molecule has 0 fully saturated rings. The smallest absolute Gasteiger partial charge is 0.272 e. The summed E-state index contributed by atoms with van der Waals surface area (Å²) in [5, 5.41) is 38.2. The third kappa shape index (κ3) is 7.68. The zero-order chi connectivity index (χ0) is 27.1. The molecule has 0 unspecified atom stereocenters. The second-order valence-corrected chi connectivity index (χ2v) is 9.22. The molecular weight excluding hydrogens is 484 g/mol. The molecule has 0 aliphatic carbocycles. The highest BCUT2D eigenvalue weighted by Crippen LogP contribution is 2.28. The number of aromatic nitrogens is 2. The van der Waals surface area contributed by atoms with Gasteiger partial charge in [0.1, 0.15) is 11.6 Å². The molecule has 3 rings (SSSR count). The van der Waals surface area contributed by atoms with Crippen LogP contribution in [0.1, 0.15) is 66.3 Å². The Morgan fingerprint density at radius 1 is 1.05 bits per heavy atom. The van der Waals surface area contributed by atoms with Gasteiger partial charge in [-0.3, -0.25) is 4.79 Å². The van der Waals surface area contributed by atoms with Crippen molar-refractivity contribution >= 4 is 11.9 Å². The molecule has 1 heterocycles. The summed E-state index contributed by atoms with van der Waals surface area (Å²) in [6.45, 7) is 3.86. The van der Waals surface area contributed by atoms with E-state index < -0.39 is 42.1 Å². The molecule has 8 nitrogen and oxygen atoms in total. The van der Waals surface area contributed by atoms with Crippen molar-refractivity contribution in [3.8, 4) is 5.69 Å². The topological polar surface area (TPSA) is 128 Å². The number of carboxylic acids is 1. The quantitative estimate of drug-likeness (QED) is 0.341. The van der Waals surface area contributed by atoms with E-state index in [1.165, 1.54) is 41.1 Å². The lowest BCUT2D eigenvalue weighted by molar-refractivity contribution is -0.307. The first kappa shape index (κ1) is 27.9. The minimum absolute atomic E-state index is 0.0852. The van der Waals surface area contributed by atoms with Crippen LogP contribution in [-0.4, -0.2) is 44.1 Å². The number of amides is 1. The number of aliphatic hydroxyl groups is 2. The molecule has 3 N–H and O–H groups in total. The van der Waals surface area contributed by atoms with Crippen LogP contribution in [-0.2, 0) is 17.8 Å². The first-order valence-electron chi connectivity index (χ1n) is 12.0. The fourth-order valence-electron chi connectivity index (χ4n) is 4.20. The molecule has 0 aliphatic rings. The summed E-state index contributed by atoms with van der Waals surface area (Å²) >= 11 is 0. The Kier molecular flexibility index (Phi) is 9.48. The lowest BCUT2D eigenvalue weighted by Crippen LogP contribution is -2.29. The van der Waals surface area contributed by atoms with Gasteiger partial charge in [0.15, 0.2) is 5.69 Å². The molecule has 0 saturated carbocycles. The number of aliphatic hydroxyl groups excluding tert-OH is 2. The first-order valence-corrected chi connectivity index (χ1v) is 12.0. The summed E-state index contributed by atoms with van der Waals surface area (Å²) in [6, 6.07) is 11.4. The molecule has 1 aromatic heterocycles. The number of halogens is 2. The minimum Gasteiger partial charge on any atom is -0.550 e. The van der Waals surface area contributed by atoms with Gasteiger partial charge in [-0.25, -0.2) is 13.5 Å². The Labute approximate surface area is 213 Å². The SMILES string of the molecule is CC(C)c1c(C(=O)NCc2cccc(F)c2)nn(-c2ccc(F)cc2)c1CC[C@@H](O)C[C@@H](O)CC(=O)[O-]. The van der Waals surface area contributed by atoms with Crippen LogP contribution in [0, 0.1) is 11.6 Å². The molecule has 37 heavy (non-hydrogen) atoms. The molecule has 1 amide bonds. The summed E-state index contributed by atoms with van der Waals surface area (Å²) in [5.41, 5.74) is 2.48. The Bertz CT molecular complexity index is 1230. The number of nitrogens with one attached hydrogen (secondary N) is 1. The van der Waals surface area contributed by atoms with Gasteiger partial charge in [-0.05, 0) is 67.1 Å². The number of hydrogen-bond acceptors (Lipinski definition) is 6. The average molecular weight is 515 g/mol. The van der Waals surface area contributed by atoms with Crippen LogP contribution in [0.4, 0.5) is 8.78 Å². The van der Waals surface area contributed by atoms with E-state index in [1.54, 1.807) is 12.1 Å². The molecule has 0 aliphatic heterocycles. The van der Waals surface area contributed by atoms with Crippen molar-refractivity contribution < 1.29 is 33.7 Å². The fourth-order valence-corrected chi connectivity index (χ4v) is 4.20. The van der Waals surface area contributed by atoms with Crippen LogP contribution in [0.25, 0.3) is 5.69 Å². The van der Waals surface area contributed by atoms with E-state index in [1.807, 2.05) is 13.8 Å². The van der Waals surface area contributed by atoms with Crippen molar-refractivity contribution in [2.45, 2.75) is 64.2 Å². The van der Waals surface area contributed by atoms with Crippen LogP contribution >= 0.6 is 0 Å². The number of carboxylic acid groups (broad SMARTS) is 1. The molecule has 0 spiro atoms. The van der Waals surface area contributed by atoms with Crippen LogP contribution < -0.4 is 10.4 Å². The molecular formula is C27H30F2N3O5-. The van der Waals surface area contributed by atoms with Gasteiger partial charge in [0, 0.05) is 30.2 Å². The van der Waals surface area contributed by atoms with Crippen molar-refractivity contribution in [3.63, 3.8) is 0 Å². The number of rotatable bonds is 12. The summed E-state index contributed by atoms with van der Waals surface area (Å²) in [6.07, 6.45) is -2.62.